The minimum absolute atomic E-state index is 0.00661. The average molecular weight is 329 g/mol. The summed E-state index contributed by atoms with van der Waals surface area (Å²) in [6.45, 7) is 0.00661. The summed E-state index contributed by atoms with van der Waals surface area (Å²) in [7, 11) is 0. The van der Waals surface area contributed by atoms with E-state index >= 15 is 0 Å². The van der Waals surface area contributed by atoms with Gasteiger partial charge in [0.05, 0.1) is 0 Å². The van der Waals surface area contributed by atoms with Gasteiger partial charge in [0, 0.05) is 11.3 Å². The number of hydrogen-bond donors (Lipinski definition) is 1. The number of amides is 1. The molecule has 0 saturated heterocycles. The number of aromatic nitrogens is 4. The van der Waals surface area contributed by atoms with Crippen molar-refractivity contribution in [2.75, 3.05) is 5.32 Å². The van der Waals surface area contributed by atoms with E-state index in [1.54, 1.807) is 0 Å². The molecule has 25 heavy (non-hydrogen) atoms. The van der Waals surface area contributed by atoms with Crippen molar-refractivity contribution >= 4 is 22.4 Å². The molecular weight excluding hydrogens is 314 g/mol. The Hall–Kier alpha value is -3.54. The number of anilines is 1. The standard InChI is InChI=1S/C19H15N5O/c25-18(20-17-11-10-14-6-4-5-9-16(14)12-17)13-24-22-19(21-23-24)15-7-2-1-3-8-15/h1-12H,13H2,(H,20,25). The molecule has 1 amide bonds. The smallest absolute Gasteiger partial charge is 0.248 e. The van der Waals surface area contributed by atoms with E-state index in [-0.39, 0.29) is 12.5 Å². The second-order valence-electron chi connectivity index (χ2n) is 5.62. The van der Waals surface area contributed by atoms with Gasteiger partial charge in [-0.2, -0.15) is 4.80 Å². The van der Waals surface area contributed by atoms with E-state index in [0.29, 0.717) is 5.82 Å². The SMILES string of the molecule is O=C(Cn1nnc(-c2ccccc2)n1)Nc1ccc2ccccc2c1. The van der Waals surface area contributed by atoms with E-state index in [1.807, 2.05) is 72.8 Å². The van der Waals surface area contributed by atoms with Crippen LogP contribution in [0.1, 0.15) is 0 Å². The van der Waals surface area contributed by atoms with Crippen LogP contribution in [0.15, 0.2) is 72.8 Å². The molecule has 0 aliphatic carbocycles. The van der Waals surface area contributed by atoms with E-state index in [9.17, 15) is 4.79 Å². The third-order valence-corrected chi connectivity index (χ3v) is 3.80. The lowest BCUT2D eigenvalue weighted by Gasteiger charge is -2.06. The number of benzene rings is 3. The molecule has 3 aromatic carbocycles. The summed E-state index contributed by atoms with van der Waals surface area (Å²) in [6, 6.07) is 23.3. The van der Waals surface area contributed by atoms with E-state index in [4.69, 9.17) is 0 Å². The normalized spacial score (nSPS) is 10.7. The number of tetrazole rings is 1. The zero-order valence-electron chi connectivity index (χ0n) is 13.3. The average Bonchev–Trinajstić information content (AvgIpc) is 3.10. The molecule has 0 aliphatic heterocycles. The molecule has 1 N–H and O–H groups in total. The molecule has 0 radical (unpaired) electrons. The summed E-state index contributed by atoms with van der Waals surface area (Å²) in [5.74, 6) is 0.298. The Labute approximate surface area is 144 Å². The molecule has 122 valence electrons. The first-order chi connectivity index (χ1) is 12.3. The van der Waals surface area contributed by atoms with Gasteiger partial charge in [0.15, 0.2) is 0 Å². The maximum Gasteiger partial charge on any atom is 0.248 e. The lowest BCUT2D eigenvalue weighted by atomic mass is 10.1. The predicted octanol–water partition coefficient (Wildman–Crippen LogP) is 3.13. The molecule has 0 atom stereocenters. The maximum atomic E-state index is 12.2. The van der Waals surface area contributed by atoms with Crippen LogP contribution in [0.5, 0.6) is 0 Å². The summed E-state index contributed by atoms with van der Waals surface area (Å²) in [6.07, 6.45) is 0. The maximum absolute atomic E-state index is 12.2. The second-order valence-corrected chi connectivity index (χ2v) is 5.62. The van der Waals surface area contributed by atoms with Crippen LogP contribution < -0.4 is 5.32 Å². The van der Waals surface area contributed by atoms with Gasteiger partial charge in [-0.1, -0.05) is 60.7 Å². The van der Waals surface area contributed by atoms with Crippen LogP contribution in [0.25, 0.3) is 22.2 Å². The van der Waals surface area contributed by atoms with Crippen molar-refractivity contribution in [1.29, 1.82) is 0 Å². The van der Waals surface area contributed by atoms with Crippen LogP contribution >= 0.6 is 0 Å². The van der Waals surface area contributed by atoms with Gasteiger partial charge in [-0.15, -0.1) is 10.2 Å². The van der Waals surface area contributed by atoms with Crippen molar-refractivity contribution in [1.82, 2.24) is 20.2 Å². The van der Waals surface area contributed by atoms with Gasteiger partial charge in [-0.3, -0.25) is 4.79 Å². The van der Waals surface area contributed by atoms with E-state index < -0.39 is 0 Å². The van der Waals surface area contributed by atoms with Crippen LogP contribution in [0.4, 0.5) is 5.69 Å². The number of hydrogen-bond acceptors (Lipinski definition) is 4. The highest BCUT2D eigenvalue weighted by atomic mass is 16.2. The number of fused-ring (bicyclic) bond motifs is 1. The molecule has 0 saturated carbocycles. The van der Waals surface area contributed by atoms with Crippen LogP contribution in [-0.4, -0.2) is 26.1 Å². The van der Waals surface area contributed by atoms with E-state index in [1.165, 1.54) is 4.80 Å². The highest BCUT2D eigenvalue weighted by molar-refractivity contribution is 5.94. The molecule has 0 bridgehead atoms. The van der Waals surface area contributed by atoms with Crippen LogP contribution in [0.3, 0.4) is 0 Å². The molecule has 0 fully saturated rings. The van der Waals surface area contributed by atoms with Gasteiger partial charge in [-0.25, -0.2) is 0 Å². The first-order valence-corrected chi connectivity index (χ1v) is 7.90. The van der Waals surface area contributed by atoms with Crippen molar-refractivity contribution in [3.05, 3.63) is 72.8 Å². The highest BCUT2D eigenvalue weighted by Crippen LogP contribution is 2.18. The molecule has 0 aliphatic rings. The number of nitrogens with one attached hydrogen (secondary N) is 1. The van der Waals surface area contributed by atoms with Crippen molar-refractivity contribution in [3.8, 4) is 11.4 Å². The van der Waals surface area contributed by atoms with Crippen LogP contribution in [0.2, 0.25) is 0 Å². The molecular formula is C19H15N5O. The zero-order valence-corrected chi connectivity index (χ0v) is 13.3. The Morgan fingerprint density at radius 1 is 0.920 bits per heavy atom. The number of rotatable bonds is 4. The van der Waals surface area contributed by atoms with Gasteiger partial charge in [0.25, 0.3) is 0 Å². The fourth-order valence-corrected chi connectivity index (χ4v) is 2.61. The summed E-state index contributed by atoms with van der Waals surface area (Å²) in [5.41, 5.74) is 1.61. The molecule has 0 spiro atoms. The van der Waals surface area contributed by atoms with Gasteiger partial charge in [0.2, 0.25) is 11.7 Å². The topological polar surface area (TPSA) is 72.7 Å². The van der Waals surface area contributed by atoms with Crippen molar-refractivity contribution < 1.29 is 4.79 Å². The zero-order chi connectivity index (χ0) is 17.1. The van der Waals surface area contributed by atoms with Crippen LogP contribution in [0, 0.1) is 0 Å². The van der Waals surface area contributed by atoms with Gasteiger partial charge in [0.1, 0.15) is 6.54 Å². The minimum atomic E-state index is -0.202. The van der Waals surface area contributed by atoms with Gasteiger partial charge < -0.3 is 5.32 Å². The van der Waals surface area contributed by atoms with E-state index in [0.717, 1.165) is 22.0 Å². The predicted molar refractivity (Wildman–Crippen MR) is 95.8 cm³/mol. The third-order valence-electron chi connectivity index (χ3n) is 3.80. The molecule has 6 nitrogen and oxygen atoms in total. The Morgan fingerprint density at radius 3 is 2.52 bits per heavy atom. The quantitative estimate of drug-likeness (QED) is 0.624. The first kappa shape index (κ1) is 15.0. The molecule has 1 heterocycles. The minimum Gasteiger partial charge on any atom is -0.324 e. The molecule has 1 aromatic heterocycles. The number of carbonyl (C=O) groups is 1. The Morgan fingerprint density at radius 2 is 1.68 bits per heavy atom. The lowest BCUT2D eigenvalue weighted by Crippen LogP contribution is -2.20. The molecule has 4 rings (SSSR count). The largest absolute Gasteiger partial charge is 0.324 e. The van der Waals surface area contributed by atoms with Crippen LogP contribution in [-0.2, 0) is 11.3 Å². The van der Waals surface area contributed by atoms with E-state index in [2.05, 4.69) is 20.7 Å². The highest BCUT2D eigenvalue weighted by Gasteiger charge is 2.09. The first-order valence-electron chi connectivity index (χ1n) is 7.90. The summed E-state index contributed by atoms with van der Waals surface area (Å²) < 4.78 is 0. The van der Waals surface area contributed by atoms with Gasteiger partial charge >= 0.3 is 0 Å². The molecule has 0 unspecified atom stereocenters. The summed E-state index contributed by atoms with van der Waals surface area (Å²) >= 11 is 0. The number of carbonyl (C=O) groups excluding carboxylic acids is 1. The lowest BCUT2D eigenvalue weighted by molar-refractivity contribution is -0.117. The Bertz CT molecular complexity index is 1030. The fraction of sp³-hybridized carbons (Fsp3) is 0.0526. The van der Waals surface area contributed by atoms with Crippen molar-refractivity contribution in [3.63, 3.8) is 0 Å². The third kappa shape index (κ3) is 3.37. The Balaban J connectivity index is 1.46. The fourth-order valence-electron chi connectivity index (χ4n) is 2.61. The van der Waals surface area contributed by atoms with Gasteiger partial charge in [-0.05, 0) is 28.1 Å². The summed E-state index contributed by atoms with van der Waals surface area (Å²) in [4.78, 5) is 13.5. The molecule has 6 heteroatoms. The van der Waals surface area contributed by atoms with Crippen molar-refractivity contribution in [2.45, 2.75) is 6.54 Å². The monoisotopic (exact) mass is 329 g/mol. The number of nitrogens with zero attached hydrogens (tertiary/aromatic N) is 4. The molecule has 4 aromatic rings. The summed E-state index contributed by atoms with van der Waals surface area (Å²) in [5, 5.41) is 17.2. The Kier molecular flexibility index (Phi) is 3.92. The second kappa shape index (κ2) is 6.52. The van der Waals surface area contributed by atoms with Crippen molar-refractivity contribution in [2.24, 2.45) is 0 Å².